The summed E-state index contributed by atoms with van der Waals surface area (Å²) >= 11 is 0. The van der Waals surface area contributed by atoms with Crippen molar-refractivity contribution < 1.29 is 28.8 Å². The molecule has 0 radical (unpaired) electrons. The van der Waals surface area contributed by atoms with E-state index in [2.05, 4.69) is 21.1 Å². The number of nitrogens with zero attached hydrogens (tertiary/aromatic N) is 3. The molecule has 3 rings (SSSR count). The van der Waals surface area contributed by atoms with Crippen molar-refractivity contribution in [1.29, 1.82) is 5.26 Å². The first-order chi connectivity index (χ1) is 21.1. The number of amides is 2. The molecule has 1 fully saturated rings. The van der Waals surface area contributed by atoms with Crippen LogP contribution in [0.4, 0.5) is 0 Å². The van der Waals surface area contributed by atoms with Crippen molar-refractivity contribution in [2.45, 2.75) is 71.3 Å². The van der Waals surface area contributed by atoms with Crippen molar-refractivity contribution in [3.8, 4) is 6.07 Å². The van der Waals surface area contributed by atoms with Crippen LogP contribution in [0.25, 0.3) is 0 Å². The molecule has 1 aromatic carbocycles. The summed E-state index contributed by atoms with van der Waals surface area (Å²) in [6.07, 6.45) is 2.88. The summed E-state index contributed by atoms with van der Waals surface area (Å²) in [7, 11) is 0. The van der Waals surface area contributed by atoms with Crippen molar-refractivity contribution in [3.05, 3.63) is 64.6 Å². The molecule has 0 saturated carbocycles. The molecule has 236 valence electrons. The van der Waals surface area contributed by atoms with Crippen LogP contribution in [0.15, 0.2) is 46.5 Å². The molecule has 0 aliphatic carbocycles. The molecular formula is C32H42N6O6. The summed E-state index contributed by atoms with van der Waals surface area (Å²) in [4.78, 5) is 51.6. The van der Waals surface area contributed by atoms with Gasteiger partial charge in [-0.2, -0.15) is 5.26 Å². The van der Waals surface area contributed by atoms with Gasteiger partial charge >= 0.3 is 0 Å². The molecule has 12 nitrogen and oxygen atoms in total. The fourth-order valence-electron chi connectivity index (χ4n) is 5.24. The fraction of sp³-hybridized carbons (Fsp3) is 0.500. The van der Waals surface area contributed by atoms with Gasteiger partial charge in [0.2, 0.25) is 0 Å². The Morgan fingerprint density at radius 3 is 2.45 bits per heavy atom. The maximum Gasteiger partial charge on any atom is 0.274 e. The van der Waals surface area contributed by atoms with Crippen molar-refractivity contribution in [3.63, 3.8) is 0 Å². The van der Waals surface area contributed by atoms with Gasteiger partial charge in [-0.1, -0.05) is 54.9 Å². The van der Waals surface area contributed by atoms with E-state index in [1.807, 2.05) is 51.1 Å². The van der Waals surface area contributed by atoms with E-state index < -0.39 is 30.1 Å². The number of aryl methyl sites for hydroxylation is 2. The average molecular weight is 607 g/mol. The summed E-state index contributed by atoms with van der Waals surface area (Å²) in [5, 5.41) is 33.0. The van der Waals surface area contributed by atoms with Crippen LogP contribution in [0.1, 0.15) is 54.1 Å². The zero-order valence-electron chi connectivity index (χ0n) is 25.7. The quantitative estimate of drug-likeness (QED) is 0.132. The summed E-state index contributed by atoms with van der Waals surface area (Å²) in [6.45, 7) is 8.52. The summed E-state index contributed by atoms with van der Waals surface area (Å²) < 4.78 is 4.89. The number of benzene rings is 1. The van der Waals surface area contributed by atoms with Crippen molar-refractivity contribution in [2.75, 3.05) is 19.6 Å². The van der Waals surface area contributed by atoms with Crippen molar-refractivity contribution in [1.82, 2.24) is 26.0 Å². The lowest BCUT2D eigenvalue weighted by molar-refractivity contribution is -0.128. The minimum atomic E-state index is -1.35. The zero-order chi connectivity index (χ0) is 32.2. The number of aliphatic hydroxyl groups excluding tert-OH is 1. The van der Waals surface area contributed by atoms with Gasteiger partial charge in [-0.3, -0.25) is 9.59 Å². The molecule has 4 N–H and O–H groups in total. The van der Waals surface area contributed by atoms with Crippen LogP contribution in [0.3, 0.4) is 0 Å². The molecule has 0 bridgehead atoms. The predicted molar refractivity (Wildman–Crippen MR) is 162 cm³/mol. The number of aldehydes is 2. The number of hydrogen-bond donors (Lipinski definition) is 4. The number of likely N-dealkylation sites (tertiary alicyclic amines) is 1. The zero-order valence-corrected chi connectivity index (χ0v) is 25.7. The second-order valence-corrected chi connectivity index (χ2v) is 11.6. The van der Waals surface area contributed by atoms with E-state index in [9.17, 15) is 29.5 Å². The number of nitrogens with one attached hydrogen (secondary N) is 3. The molecule has 1 aliphatic heterocycles. The van der Waals surface area contributed by atoms with Gasteiger partial charge in [0.25, 0.3) is 11.8 Å². The average Bonchev–Trinajstić information content (AvgIpc) is 3.46. The van der Waals surface area contributed by atoms with Gasteiger partial charge in [0.05, 0.1) is 12.1 Å². The molecule has 1 saturated heterocycles. The third-order valence-corrected chi connectivity index (χ3v) is 7.58. The minimum Gasteiger partial charge on any atom is -0.389 e. The van der Waals surface area contributed by atoms with E-state index in [4.69, 9.17) is 4.52 Å². The highest BCUT2D eigenvalue weighted by Crippen LogP contribution is 2.24. The molecule has 5 atom stereocenters. The number of hydrogen-bond acceptors (Lipinski definition) is 10. The number of aromatic nitrogens is 1. The van der Waals surface area contributed by atoms with Crippen LogP contribution in [-0.2, 0) is 20.9 Å². The predicted octanol–water partition coefficient (Wildman–Crippen LogP) is 1.61. The topological polar surface area (TPSA) is 178 Å². The monoisotopic (exact) mass is 606 g/mol. The highest BCUT2D eigenvalue weighted by molar-refractivity contribution is 5.97. The Balaban J connectivity index is 1.75. The first-order valence-electron chi connectivity index (χ1n) is 14.8. The number of piperidine rings is 1. The summed E-state index contributed by atoms with van der Waals surface area (Å²) in [6, 6.07) is 8.88. The normalized spacial score (nSPS) is 18.2. The fourth-order valence-corrected chi connectivity index (χ4v) is 5.24. The molecule has 1 aromatic heterocycles. The largest absolute Gasteiger partial charge is 0.389 e. The van der Waals surface area contributed by atoms with Crippen LogP contribution < -0.4 is 16.0 Å². The maximum atomic E-state index is 13.2. The van der Waals surface area contributed by atoms with Gasteiger partial charge in [0.15, 0.2) is 5.69 Å². The third-order valence-electron chi connectivity index (χ3n) is 7.58. The first-order valence-corrected chi connectivity index (χ1v) is 14.8. The summed E-state index contributed by atoms with van der Waals surface area (Å²) in [5.41, 5.74) is 2.19. The molecule has 0 spiro atoms. The van der Waals surface area contributed by atoms with Crippen LogP contribution >= 0.6 is 0 Å². The Kier molecular flexibility index (Phi) is 13.0. The van der Waals surface area contributed by atoms with Crippen molar-refractivity contribution in [2.24, 2.45) is 11.8 Å². The Labute approximate surface area is 257 Å². The Hall–Kier alpha value is -4.18. The molecule has 12 heteroatoms. The number of carbonyl (C=O) groups is 4. The Morgan fingerprint density at radius 1 is 1.16 bits per heavy atom. The molecule has 2 aromatic rings. The first kappa shape index (κ1) is 34.3. The lowest BCUT2D eigenvalue weighted by Gasteiger charge is -2.39. The molecular weight excluding hydrogens is 564 g/mol. The van der Waals surface area contributed by atoms with Crippen molar-refractivity contribution >= 4 is 24.4 Å². The van der Waals surface area contributed by atoms with E-state index in [-0.39, 0.29) is 35.6 Å². The van der Waals surface area contributed by atoms with Crippen LogP contribution in [-0.4, -0.2) is 83.4 Å². The van der Waals surface area contributed by atoms with Gasteiger partial charge in [0.1, 0.15) is 36.0 Å². The molecule has 2 amide bonds. The van der Waals surface area contributed by atoms with Crippen LogP contribution in [0.5, 0.6) is 0 Å². The molecule has 1 aliphatic rings. The summed E-state index contributed by atoms with van der Waals surface area (Å²) in [5.74, 6) is -0.720. The minimum absolute atomic E-state index is 0.0279. The highest BCUT2D eigenvalue weighted by Gasteiger charge is 2.35. The SMILES string of the molecule is Cc1ccc(CNC(C2CCCN(C(=O)C(C#N)=CC(C)C)C2)[C@@H](C=O)NC[C@H](O)[C@@H](C=O)NC(=O)c2cc(C)on2)cc1. The lowest BCUT2D eigenvalue weighted by atomic mass is 9.86. The van der Waals surface area contributed by atoms with E-state index in [1.165, 1.54) is 6.07 Å². The van der Waals surface area contributed by atoms with E-state index in [1.54, 1.807) is 17.9 Å². The number of aliphatic hydroxyl groups is 1. The smallest absolute Gasteiger partial charge is 0.274 e. The molecule has 2 unspecified atom stereocenters. The number of rotatable bonds is 15. The number of carbonyl (C=O) groups excluding carboxylic acids is 4. The van der Waals surface area contributed by atoms with Gasteiger partial charge in [0, 0.05) is 38.3 Å². The van der Waals surface area contributed by atoms with E-state index in [0.29, 0.717) is 38.1 Å². The Morgan fingerprint density at radius 2 is 1.86 bits per heavy atom. The second-order valence-electron chi connectivity index (χ2n) is 11.6. The highest BCUT2D eigenvalue weighted by atomic mass is 16.5. The van der Waals surface area contributed by atoms with E-state index >= 15 is 0 Å². The van der Waals surface area contributed by atoms with Gasteiger partial charge in [-0.05, 0) is 44.1 Å². The standard InChI is InChI=1S/C32H42N6O6/c1-20(2)12-25(14-33)32(43)38-11-5-6-24(17-38)30(35-15-23-9-7-21(3)8-10-23)28(19-40)34-16-29(41)27(18-39)36-31(42)26-13-22(4)44-37-26/h7-10,12-13,18-20,24,27-30,34-35,41H,5-6,11,15-17H2,1-4H3,(H,36,42)/t24?,27-,28-,29+,30?/m1/s1. The number of nitriles is 1. The molecule has 2 heterocycles. The van der Waals surface area contributed by atoms with Gasteiger partial charge in [-0.15, -0.1) is 0 Å². The van der Waals surface area contributed by atoms with Crippen LogP contribution in [0, 0.1) is 37.0 Å². The lowest BCUT2D eigenvalue weighted by Crippen LogP contribution is -2.59. The second kappa shape index (κ2) is 16.6. The third kappa shape index (κ3) is 9.67. The number of allylic oxidation sites excluding steroid dienone is 1. The maximum absolute atomic E-state index is 13.2. The molecule has 44 heavy (non-hydrogen) atoms. The van der Waals surface area contributed by atoms with Crippen LogP contribution in [0.2, 0.25) is 0 Å². The Bertz CT molecular complexity index is 1350. The van der Waals surface area contributed by atoms with E-state index in [0.717, 1.165) is 23.8 Å². The van der Waals surface area contributed by atoms with Gasteiger partial charge in [-0.25, -0.2) is 0 Å². The van der Waals surface area contributed by atoms with Gasteiger partial charge < -0.3 is 40.1 Å².